The van der Waals surface area contributed by atoms with Gasteiger partial charge in [0.1, 0.15) is 0 Å². The van der Waals surface area contributed by atoms with Crippen molar-refractivity contribution >= 4 is 11.6 Å². The van der Waals surface area contributed by atoms with Crippen molar-refractivity contribution in [2.24, 2.45) is 0 Å². The Morgan fingerprint density at radius 3 is 3.15 bits per heavy atom. The fourth-order valence-corrected chi connectivity index (χ4v) is 2.15. The number of rotatable bonds is 1. The van der Waals surface area contributed by atoms with Crippen LogP contribution in [0.4, 0.5) is 0 Å². The molecular weight excluding hydrogens is 184 g/mol. The minimum absolute atomic E-state index is 0.252. The predicted octanol–water partition coefficient (Wildman–Crippen LogP) is 3.36. The second-order valence-corrected chi connectivity index (χ2v) is 3.73. The molecule has 0 saturated carbocycles. The Hall–Kier alpha value is -0.530. The molecule has 2 rings (SSSR count). The van der Waals surface area contributed by atoms with Crippen LogP contribution in [0, 0.1) is 0 Å². The van der Waals surface area contributed by atoms with Crippen LogP contribution >= 0.6 is 11.6 Å². The maximum absolute atomic E-state index is 6.11. The molecule has 2 heteroatoms. The summed E-state index contributed by atoms with van der Waals surface area (Å²) in [6, 6.07) is 6.07. The number of benzene rings is 1. The van der Waals surface area contributed by atoms with Gasteiger partial charge in [-0.05, 0) is 30.0 Å². The van der Waals surface area contributed by atoms with Gasteiger partial charge in [0.2, 0.25) is 0 Å². The molecule has 0 fully saturated rings. The van der Waals surface area contributed by atoms with E-state index in [1.807, 2.05) is 12.1 Å². The van der Waals surface area contributed by atoms with E-state index in [1.165, 1.54) is 11.1 Å². The third-order valence-corrected chi connectivity index (χ3v) is 2.90. The molecular formula is C11H13ClO. The monoisotopic (exact) mass is 196 g/mol. The van der Waals surface area contributed by atoms with Crippen molar-refractivity contribution < 1.29 is 4.74 Å². The quantitative estimate of drug-likeness (QED) is 0.669. The first-order chi connectivity index (χ1) is 6.33. The van der Waals surface area contributed by atoms with Crippen LogP contribution in [0.3, 0.4) is 0 Å². The highest BCUT2D eigenvalue weighted by Gasteiger charge is 2.20. The molecule has 1 aliphatic rings. The van der Waals surface area contributed by atoms with Crippen molar-refractivity contribution in [2.75, 3.05) is 6.61 Å². The molecule has 1 aromatic carbocycles. The lowest BCUT2D eigenvalue weighted by Crippen LogP contribution is -2.15. The summed E-state index contributed by atoms with van der Waals surface area (Å²) in [4.78, 5) is 0. The second-order valence-electron chi connectivity index (χ2n) is 3.33. The number of fused-ring (bicyclic) bond motifs is 1. The minimum Gasteiger partial charge on any atom is -0.373 e. The molecule has 0 spiro atoms. The van der Waals surface area contributed by atoms with Crippen LogP contribution in [0.2, 0.25) is 5.02 Å². The third-order valence-electron chi connectivity index (χ3n) is 2.54. The van der Waals surface area contributed by atoms with E-state index in [1.54, 1.807) is 0 Å². The summed E-state index contributed by atoms with van der Waals surface area (Å²) in [6.45, 7) is 2.94. The molecule has 1 atom stereocenters. The van der Waals surface area contributed by atoms with E-state index in [4.69, 9.17) is 16.3 Å². The van der Waals surface area contributed by atoms with Crippen molar-refractivity contribution in [3.63, 3.8) is 0 Å². The van der Waals surface area contributed by atoms with Gasteiger partial charge < -0.3 is 4.74 Å². The van der Waals surface area contributed by atoms with Gasteiger partial charge in [0, 0.05) is 5.02 Å². The van der Waals surface area contributed by atoms with E-state index >= 15 is 0 Å². The molecule has 13 heavy (non-hydrogen) atoms. The molecule has 0 amide bonds. The van der Waals surface area contributed by atoms with Crippen LogP contribution < -0.4 is 0 Å². The van der Waals surface area contributed by atoms with Gasteiger partial charge in [-0.2, -0.15) is 0 Å². The zero-order chi connectivity index (χ0) is 9.26. The molecule has 1 unspecified atom stereocenters. The lowest BCUT2D eigenvalue weighted by atomic mass is 9.96. The standard InChI is InChI=1S/C11H13ClO/c1-2-11-9-4-3-5-10(12)8(9)6-7-13-11/h3-5,11H,2,6-7H2,1H3. The van der Waals surface area contributed by atoms with E-state index in [9.17, 15) is 0 Å². The van der Waals surface area contributed by atoms with Crippen LogP contribution in [0.25, 0.3) is 0 Å². The predicted molar refractivity (Wildman–Crippen MR) is 54.1 cm³/mol. The topological polar surface area (TPSA) is 9.23 Å². The van der Waals surface area contributed by atoms with E-state index in [0.717, 1.165) is 24.5 Å². The van der Waals surface area contributed by atoms with Crippen LogP contribution in [0.5, 0.6) is 0 Å². The van der Waals surface area contributed by atoms with Gasteiger partial charge in [0.15, 0.2) is 0 Å². The van der Waals surface area contributed by atoms with Crippen molar-refractivity contribution in [2.45, 2.75) is 25.9 Å². The molecule has 0 saturated heterocycles. The SMILES string of the molecule is CCC1OCCc2c(Cl)cccc21. The molecule has 1 aliphatic heterocycles. The smallest absolute Gasteiger partial charge is 0.0825 e. The summed E-state index contributed by atoms with van der Waals surface area (Å²) >= 11 is 6.11. The van der Waals surface area contributed by atoms with Crippen molar-refractivity contribution in [3.05, 3.63) is 34.3 Å². The Bertz CT molecular complexity index is 309. The van der Waals surface area contributed by atoms with Gasteiger partial charge in [0.05, 0.1) is 12.7 Å². The van der Waals surface area contributed by atoms with Crippen molar-refractivity contribution in [1.82, 2.24) is 0 Å². The van der Waals surface area contributed by atoms with E-state index in [2.05, 4.69) is 13.0 Å². The first-order valence-corrected chi connectivity index (χ1v) is 5.09. The lowest BCUT2D eigenvalue weighted by Gasteiger charge is -2.25. The Kier molecular flexibility index (Phi) is 2.56. The molecule has 0 aromatic heterocycles. The third kappa shape index (κ3) is 1.59. The van der Waals surface area contributed by atoms with Crippen molar-refractivity contribution in [1.29, 1.82) is 0 Å². The van der Waals surface area contributed by atoms with Crippen LogP contribution in [0.15, 0.2) is 18.2 Å². The number of ether oxygens (including phenoxy) is 1. The van der Waals surface area contributed by atoms with Crippen LogP contribution in [0.1, 0.15) is 30.6 Å². The zero-order valence-corrected chi connectivity index (χ0v) is 8.47. The van der Waals surface area contributed by atoms with Gasteiger partial charge in [-0.15, -0.1) is 0 Å². The molecule has 0 aliphatic carbocycles. The highest BCUT2D eigenvalue weighted by atomic mass is 35.5. The largest absolute Gasteiger partial charge is 0.373 e. The zero-order valence-electron chi connectivity index (χ0n) is 7.72. The fourth-order valence-electron chi connectivity index (χ4n) is 1.87. The van der Waals surface area contributed by atoms with Gasteiger partial charge in [0.25, 0.3) is 0 Å². The van der Waals surface area contributed by atoms with Gasteiger partial charge >= 0.3 is 0 Å². The average Bonchev–Trinajstić information content (AvgIpc) is 2.18. The first kappa shape index (κ1) is 9.04. The Balaban J connectivity index is 2.45. The summed E-state index contributed by atoms with van der Waals surface area (Å²) < 4.78 is 5.65. The van der Waals surface area contributed by atoms with Crippen LogP contribution in [-0.4, -0.2) is 6.61 Å². The second kappa shape index (κ2) is 3.69. The maximum atomic E-state index is 6.11. The summed E-state index contributed by atoms with van der Waals surface area (Å²) in [6.07, 6.45) is 2.22. The molecule has 0 radical (unpaired) electrons. The van der Waals surface area contributed by atoms with Crippen LogP contribution in [-0.2, 0) is 11.2 Å². The normalized spacial score (nSPS) is 21.2. The van der Waals surface area contributed by atoms with E-state index in [-0.39, 0.29) is 6.10 Å². The van der Waals surface area contributed by atoms with Gasteiger partial charge in [-0.1, -0.05) is 30.7 Å². The summed E-state index contributed by atoms with van der Waals surface area (Å²) in [5.74, 6) is 0. The first-order valence-electron chi connectivity index (χ1n) is 4.71. The number of hydrogen-bond donors (Lipinski definition) is 0. The molecule has 0 bridgehead atoms. The van der Waals surface area contributed by atoms with Gasteiger partial charge in [-0.25, -0.2) is 0 Å². The van der Waals surface area contributed by atoms with E-state index < -0.39 is 0 Å². The Labute approximate surface area is 83.7 Å². The highest BCUT2D eigenvalue weighted by molar-refractivity contribution is 6.31. The molecule has 1 aromatic rings. The van der Waals surface area contributed by atoms with Crippen molar-refractivity contribution in [3.8, 4) is 0 Å². The molecule has 0 N–H and O–H groups in total. The molecule has 1 heterocycles. The minimum atomic E-state index is 0.252. The Morgan fingerprint density at radius 1 is 1.54 bits per heavy atom. The molecule has 70 valence electrons. The number of hydrogen-bond acceptors (Lipinski definition) is 1. The fraction of sp³-hybridized carbons (Fsp3) is 0.455. The highest BCUT2D eigenvalue weighted by Crippen LogP contribution is 2.33. The summed E-state index contributed by atoms with van der Waals surface area (Å²) in [5.41, 5.74) is 2.56. The number of halogens is 1. The van der Waals surface area contributed by atoms with E-state index in [0.29, 0.717) is 0 Å². The van der Waals surface area contributed by atoms with Gasteiger partial charge in [-0.3, -0.25) is 0 Å². The summed E-state index contributed by atoms with van der Waals surface area (Å²) in [5, 5.41) is 0.888. The Morgan fingerprint density at radius 2 is 2.38 bits per heavy atom. The molecule has 1 nitrogen and oxygen atoms in total. The maximum Gasteiger partial charge on any atom is 0.0825 e. The lowest BCUT2D eigenvalue weighted by molar-refractivity contribution is 0.0399. The average molecular weight is 197 g/mol. The summed E-state index contributed by atoms with van der Waals surface area (Å²) in [7, 11) is 0.